The Hall–Kier alpha value is -1.81. The van der Waals surface area contributed by atoms with Gasteiger partial charge in [0, 0.05) is 23.6 Å². The van der Waals surface area contributed by atoms with E-state index >= 15 is 0 Å². The highest BCUT2D eigenvalue weighted by Gasteiger charge is 2.13. The van der Waals surface area contributed by atoms with Crippen LogP contribution in [0.2, 0.25) is 0 Å². The summed E-state index contributed by atoms with van der Waals surface area (Å²) in [4.78, 5) is 13.8. The molecule has 0 aliphatic carbocycles. The summed E-state index contributed by atoms with van der Waals surface area (Å²) in [6.07, 6.45) is 0. The molecule has 0 fully saturated rings. The van der Waals surface area contributed by atoms with Crippen LogP contribution in [0.1, 0.15) is 15.9 Å². The number of carbonyl (C=O) groups excluding carboxylic acids is 1. The maximum atomic E-state index is 12.2. The smallest absolute Gasteiger partial charge is 0.254 e. The van der Waals surface area contributed by atoms with E-state index < -0.39 is 0 Å². The number of phenolic OH excluding ortho intramolecular Hbond substituents is 1. The highest BCUT2D eigenvalue weighted by molar-refractivity contribution is 9.10. The van der Waals surface area contributed by atoms with Crippen LogP contribution in [0.3, 0.4) is 0 Å². The molecule has 0 unspecified atom stereocenters. The third-order valence-electron chi connectivity index (χ3n) is 2.81. The number of carbonyl (C=O) groups is 1. The van der Waals surface area contributed by atoms with Gasteiger partial charge in [0.1, 0.15) is 5.75 Å². The van der Waals surface area contributed by atoms with Crippen LogP contribution in [0.5, 0.6) is 5.75 Å². The van der Waals surface area contributed by atoms with Gasteiger partial charge in [-0.2, -0.15) is 0 Å². The standard InChI is InChI=1S/C15H14BrNO2/c1-17(10-12-5-2-3-8-14(12)16)15(19)11-6-4-7-13(18)9-11/h2-9,18H,10H2,1H3. The fourth-order valence-corrected chi connectivity index (χ4v) is 2.22. The quantitative estimate of drug-likeness (QED) is 0.941. The van der Waals surface area contributed by atoms with Crippen LogP contribution in [-0.4, -0.2) is 23.0 Å². The number of phenols is 1. The molecule has 2 aromatic rings. The van der Waals surface area contributed by atoms with Crippen LogP contribution in [0.4, 0.5) is 0 Å². The van der Waals surface area contributed by atoms with Crippen molar-refractivity contribution in [3.63, 3.8) is 0 Å². The summed E-state index contributed by atoms with van der Waals surface area (Å²) in [5.41, 5.74) is 1.52. The molecule has 4 heteroatoms. The molecule has 0 saturated heterocycles. The zero-order valence-electron chi connectivity index (χ0n) is 10.5. The van der Waals surface area contributed by atoms with Crippen molar-refractivity contribution in [3.8, 4) is 5.75 Å². The van der Waals surface area contributed by atoms with Gasteiger partial charge in [0.15, 0.2) is 0 Å². The van der Waals surface area contributed by atoms with Crippen LogP contribution in [0.15, 0.2) is 53.0 Å². The second-order valence-corrected chi connectivity index (χ2v) is 5.16. The van der Waals surface area contributed by atoms with Gasteiger partial charge in [-0.1, -0.05) is 40.2 Å². The molecule has 1 amide bonds. The molecule has 0 spiro atoms. The fourth-order valence-electron chi connectivity index (χ4n) is 1.81. The molecular formula is C15H14BrNO2. The first-order valence-corrected chi connectivity index (χ1v) is 6.65. The molecule has 0 aliphatic rings. The molecule has 0 radical (unpaired) electrons. The lowest BCUT2D eigenvalue weighted by Crippen LogP contribution is -2.26. The molecule has 0 aromatic heterocycles. The number of benzene rings is 2. The van der Waals surface area contributed by atoms with E-state index in [2.05, 4.69) is 15.9 Å². The van der Waals surface area contributed by atoms with Crippen molar-refractivity contribution >= 4 is 21.8 Å². The Labute approximate surface area is 120 Å². The summed E-state index contributed by atoms with van der Waals surface area (Å²) in [5, 5.41) is 9.40. The SMILES string of the molecule is CN(Cc1ccccc1Br)C(=O)c1cccc(O)c1. The number of rotatable bonds is 3. The summed E-state index contributed by atoms with van der Waals surface area (Å²) in [7, 11) is 1.74. The van der Waals surface area contributed by atoms with E-state index in [-0.39, 0.29) is 11.7 Å². The van der Waals surface area contributed by atoms with Gasteiger partial charge in [0.25, 0.3) is 5.91 Å². The minimum absolute atomic E-state index is 0.0974. The van der Waals surface area contributed by atoms with Gasteiger partial charge in [-0.15, -0.1) is 0 Å². The molecule has 3 nitrogen and oxygen atoms in total. The monoisotopic (exact) mass is 319 g/mol. The number of halogens is 1. The van der Waals surface area contributed by atoms with Gasteiger partial charge in [-0.3, -0.25) is 4.79 Å². The maximum Gasteiger partial charge on any atom is 0.254 e. The molecule has 0 bridgehead atoms. The summed E-state index contributed by atoms with van der Waals surface area (Å²) in [6.45, 7) is 0.510. The van der Waals surface area contributed by atoms with E-state index in [4.69, 9.17) is 0 Å². The van der Waals surface area contributed by atoms with Crippen molar-refractivity contribution in [2.24, 2.45) is 0 Å². The molecule has 0 atom stereocenters. The lowest BCUT2D eigenvalue weighted by molar-refractivity contribution is 0.0784. The molecule has 98 valence electrons. The van der Waals surface area contributed by atoms with Crippen molar-refractivity contribution < 1.29 is 9.90 Å². The Balaban J connectivity index is 2.14. The zero-order chi connectivity index (χ0) is 13.8. The van der Waals surface area contributed by atoms with Gasteiger partial charge < -0.3 is 10.0 Å². The summed E-state index contributed by atoms with van der Waals surface area (Å²) >= 11 is 3.46. The van der Waals surface area contributed by atoms with E-state index in [0.29, 0.717) is 12.1 Å². The van der Waals surface area contributed by atoms with E-state index in [1.807, 2.05) is 24.3 Å². The average Bonchev–Trinajstić information content (AvgIpc) is 2.40. The minimum atomic E-state index is -0.119. The number of hydrogen-bond donors (Lipinski definition) is 1. The number of hydrogen-bond acceptors (Lipinski definition) is 2. The van der Waals surface area contributed by atoms with Crippen molar-refractivity contribution in [3.05, 3.63) is 64.1 Å². The summed E-state index contributed by atoms with van der Waals surface area (Å²) in [6, 6.07) is 14.2. The third kappa shape index (κ3) is 3.35. The summed E-state index contributed by atoms with van der Waals surface area (Å²) < 4.78 is 0.977. The Bertz CT molecular complexity index is 598. The molecule has 19 heavy (non-hydrogen) atoms. The van der Waals surface area contributed by atoms with Crippen LogP contribution in [-0.2, 0) is 6.54 Å². The fraction of sp³-hybridized carbons (Fsp3) is 0.133. The molecule has 2 aromatic carbocycles. The van der Waals surface area contributed by atoms with Crippen molar-refractivity contribution in [1.82, 2.24) is 4.90 Å². The van der Waals surface area contributed by atoms with Crippen molar-refractivity contribution in [1.29, 1.82) is 0 Å². The van der Waals surface area contributed by atoms with E-state index in [1.54, 1.807) is 30.1 Å². The Kier molecular flexibility index (Phi) is 4.22. The Morgan fingerprint density at radius 1 is 1.21 bits per heavy atom. The molecule has 0 heterocycles. The van der Waals surface area contributed by atoms with Crippen LogP contribution in [0, 0.1) is 0 Å². The van der Waals surface area contributed by atoms with Crippen molar-refractivity contribution in [2.45, 2.75) is 6.54 Å². The zero-order valence-corrected chi connectivity index (χ0v) is 12.1. The van der Waals surface area contributed by atoms with Crippen LogP contribution < -0.4 is 0 Å². The topological polar surface area (TPSA) is 40.5 Å². The Morgan fingerprint density at radius 2 is 1.95 bits per heavy atom. The van der Waals surface area contributed by atoms with E-state index in [1.165, 1.54) is 6.07 Å². The molecular weight excluding hydrogens is 306 g/mol. The van der Waals surface area contributed by atoms with E-state index in [9.17, 15) is 9.90 Å². The van der Waals surface area contributed by atoms with Gasteiger partial charge in [0.2, 0.25) is 0 Å². The first-order valence-electron chi connectivity index (χ1n) is 5.86. The lowest BCUT2D eigenvalue weighted by atomic mass is 10.1. The van der Waals surface area contributed by atoms with Crippen molar-refractivity contribution in [2.75, 3.05) is 7.05 Å². The lowest BCUT2D eigenvalue weighted by Gasteiger charge is -2.18. The van der Waals surface area contributed by atoms with E-state index in [0.717, 1.165) is 10.0 Å². The highest BCUT2D eigenvalue weighted by atomic mass is 79.9. The van der Waals surface area contributed by atoms with Gasteiger partial charge in [0.05, 0.1) is 0 Å². The second-order valence-electron chi connectivity index (χ2n) is 4.30. The molecule has 2 rings (SSSR count). The normalized spacial score (nSPS) is 10.2. The first-order chi connectivity index (χ1) is 9.08. The molecule has 0 aliphatic heterocycles. The van der Waals surface area contributed by atoms with Gasteiger partial charge in [-0.25, -0.2) is 0 Å². The van der Waals surface area contributed by atoms with Gasteiger partial charge in [-0.05, 0) is 29.8 Å². The first kappa shape index (κ1) is 13.6. The largest absolute Gasteiger partial charge is 0.508 e. The average molecular weight is 320 g/mol. The minimum Gasteiger partial charge on any atom is -0.508 e. The predicted octanol–water partition coefficient (Wildman–Crippen LogP) is 3.43. The second kappa shape index (κ2) is 5.89. The number of amides is 1. The number of nitrogens with zero attached hydrogens (tertiary/aromatic N) is 1. The van der Waals surface area contributed by atoms with Gasteiger partial charge >= 0.3 is 0 Å². The van der Waals surface area contributed by atoms with Crippen LogP contribution in [0.25, 0.3) is 0 Å². The van der Waals surface area contributed by atoms with Crippen LogP contribution >= 0.6 is 15.9 Å². The summed E-state index contributed by atoms with van der Waals surface area (Å²) in [5.74, 6) is -0.0215. The highest BCUT2D eigenvalue weighted by Crippen LogP contribution is 2.19. The number of aromatic hydroxyl groups is 1. The Morgan fingerprint density at radius 3 is 2.63 bits per heavy atom. The third-order valence-corrected chi connectivity index (χ3v) is 3.58. The maximum absolute atomic E-state index is 12.2. The predicted molar refractivity (Wildman–Crippen MR) is 78.0 cm³/mol. The molecule has 0 saturated carbocycles. The molecule has 1 N–H and O–H groups in total.